The smallest absolute Gasteiger partial charge is 0.109 e. The van der Waals surface area contributed by atoms with Crippen LogP contribution >= 0.6 is 11.6 Å². The zero-order valence-electron chi connectivity index (χ0n) is 11.2. The van der Waals surface area contributed by atoms with Crippen LogP contribution in [0.2, 0.25) is 5.02 Å². The van der Waals surface area contributed by atoms with E-state index in [2.05, 4.69) is 24.9 Å². The summed E-state index contributed by atoms with van der Waals surface area (Å²) >= 11 is 6.22. The van der Waals surface area contributed by atoms with Crippen LogP contribution in [0.1, 0.15) is 32.3 Å². The minimum absolute atomic E-state index is 0.728. The molecule has 0 aromatic heterocycles. The predicted octanol–water partition coefficient (Wildman–Crippen LogP) is 4.70. The molecule has 1 saturated heterocycles. The van der Waals surface area contributed by atoms with Crippen molar-refractivity contribution in [3.8, 4) is 0 Å². The third kappa shape index (κ3) is 2.94. The largest absolute Gasteiger partial charge is 0.337 e. The van der Waals surface area contributed by atoms with E-state index in [1.54, 1.807) is 0 Å². The molecule has 1 aliphatic heterocycles. The summed E-state index contributed by atoms with van der Waals surface area (Å²) in [5.74, 6) is 1.12. The van der Waals surface area contributed by atoms with Gasteiger partial charge in [0.05, 0.1) is 10.7 Å². The van der Waals surface area contributed by atoms with Crippen molar-refractivity contribution in [3.63, 3.8) is 0 Å². The van der Waals surface area contributed by atoms with Crippen LogP contribution in [0.3, 0.4) is 0 Å². The van der Waals surface area contributed by atoms with E-state index in [4.69, 9.17) is 16.6 Å². The first-order valence-electron chi connectivity index (χ1n) is 6.32. The number of likely N-dealkylation sites (tertiary alicyclic amines) is 1. The molecular formula is C15H19ClN2. The van der Waals surface area contributed by atoms with Crippen molar-refractivity contribution in [3.05, 3.63) is 40.6 Å². The average molecular weight is 263 g/mol. The van der Waals surface area contributed by atoms with Crippen molar-refractivity contribution < 1.29 is 0 Å². The second-order valence-electron chi connectivity index (χ2n) is 4.94. The lowest BCUT2D eigenvalue weighted by atomic mass is 10.2. The third-order valence-electron chi connectivity index (χ3n) is 2.97. The monoisotopic (exact) mass is 262 g/mol. The molecule has 0 bridgehead atoms. The van der Waals surface area contributed by atoms with Gasteiger partial charge in [-0.15, -0.1) is 0 Å². The lowest BCUT2D eigenvalue weighted by Crippen LogP contribution is -2.18. The number of aryl methyl sites for hydroxylation is 1. The van der Waals surface area contributed by atoms with E-state index >= 15 is 0 Å². The number of halogens is 1. The minimum Gasteiger partial charge on any atom is -0.337 e. The van der Waals surface area contributed by atoms with Crippen LogP contribution in [-0.2, 0) is 0 Å². The number of benzene rings is 1. The summed E-state index contributed by atoms with van der Waals surface area (Å²) in [6, 6.07) is 5.91. The second-order valence-corrected chi connectivity index (χ2v) is 5.34. The Balaban J connectivity index is 2.35. The average Bonchev–Trinajstić information content (AvgIpc) is 2.70. The first kappa shape index (κ1) is 13.2. The van der Waals surface area contributed by atoms with Crippen LogP contribution in [0.25, 0.3) is 0 Å². The van der Waals surface area contributed by atoms with Crippen LogP contribution in [-0.4, -0.2) is 17.3 Å². The van der Waals surface area contributed by atoms with Crippen molar-refractivity contribution in [2.45, 2.75) is 33.6 Å². The van der Waals surface area contributed by atoms with Gasteiger partial charge in [0.25, 0.3) is 0 Å². The van der Waals surface area contributed by atoms with Crippen LogP contribution < -0.4 is 0 Å². The normalized spacial score (nSPS) is 17.3. The summed E-state index contributed by atoms with van der Waals surface area (Å²) in [5, 5.41) is 0.728. The molecule has 0 N–H and O–H groups in total. The highest BCUT2D eigenvalue weighted by molar-refractivity contribution is 6.33. The fourth-order valence-corrected chi connectivity index (χ4v) is 2.41. The number of allylic oxidation sites excluding steroid dienone is 1. The molecule has 1 aromatic carbocycles. The van der Waals surface area contributed by atoms with Crippen molar-refractivity contribution in [1.29, 1.82) is 0 Å². The van der Waals surface area contributed by atoms with Gasteiger partial charge >= 0.3 is 0 Å². The van der Waals surface area contributed by atoms with Crippen molar-refractivity contribution in [2.24, 2.45) is 4.99 Å². The molecule has 0 radical (unpaired) electrons. The summed E-state index contributed by atoms with van der Waals surface area (Å²) in [5.41, 5.74) is 3.32. The molecule has 0 amide bonds. The Bertz CT molecular complexity index is 479. The number of hydrogen-bond donors (Lipinski definition) is 0. The SMILES string of the molecule is CC(C)=CN1CCCC1=Nc1c(C)cccc1Cl. The van der Waals surface area contributed by atoms with Gasteiger partial charge in [-0.1, -0.05) is 29.3 Å². The van der Waals surface area contributed by atoms with E-state index < -0.39 is 0 Å². The number of rotatable bonds is 2. The summed E-state index contributed by atoms with van der Waals surface area (Å²) in [4.78, 5) is 6.99. The maximum atomic E-state index is 6.22. The Morgan fingerprint density at radius 3 is 2.83 bits per heavy atom. The number of aliphatic imine (C=N–C) groups is 1. The third-order valence-corrected chi connectivity index (χ3v) is 3.28. The quantitative estimate of drug-likeness (QED) is 0.754. The van der Waals surface area contributed by atoms with E-state index in [9.17, 15) is 0 Å². The van der Waals surface area contributed by atoms with Crippen LogP contribution in [0.4, 0.5) is 5.69 Å². The lowest BCUT2D eigenvalue weighted by molar-refractivity contribution is 0.598. The highest BCUT2D eigenvalue weighted by Gasteiger charge is 2.17. The van der Waals surface area contributed by atoms with E-state index in [1.165, 1.54) is 5.57 Å². The topological polar surface area (TPSA) is 15.6 Å². The number of amidine groups is 1. The highest BCUT2D eigenvalue weighted by atomic mass is 35.5. The van der Waals surface area contributed by atoms with E-state index in [0.29, 0.717) is 0 Å². The van der Waals surface area contributed by atoms with Crippen molar-refractivity contribution >= 4 is 23.1 Å². The fourth-order valence-electron chi connectivity index (χ4n) is 2.14. The molecule has 3 heteroatoms. The summed E-state index contributed by atoms with van der Waals surface area (Å²) in [6.07, 6.45) is 4.35. The molecule has 2 rings (SSSR count). The summed E-state index contributed by atoms with van der Waals surface area (Å²) in [7, 11) is 0. The molecular weight excluding hydrogens is 244 g/mol. The zero-order valence-corrected chi connectivity index (χ0v) is 12.0. The Labute approximate surface area is 114 Å². The van der Waals surface area contributed by atoms with Gasteiger partial charge in [-0.2, -0.15) is 0 Å². The predicted molar refractivity (Wildman–Crippen MR) is 78.7 cm³/mol. The lowest BCUT2D eigenvalue weighted by Gasteiger charge is -2.15. The fraction of sp³-hybridized carbons (Fsp3) is 0.400. The zero-order chi connectivity index (χ0) is 13.1. The van der Waals surface area contributed by atoms with Crippen LogP contribution in [0, 0.1) is 6.92 Å². The molecule has 0 unspecified atom stereocenters. The van der Waals surface area contributed by atoms with Gasteiger partial charge < -0.3 is 4.90 Å². The Hall–Kier alpha value is -1.28. The van der Waals surface area contributed by atoms with Crippen LogP contribution in [0.5, 0.6) is 0 Å². The molecule has 18 heavy (non-hydrogen) atoms. The van der Waals surface area contributed by atoms with Gasteiger partial charge in [-0.3, -0.25) is 0 Å². The second kappa shape index (κ2) is 5.57. The van der Waals surface area contributed by atoms with Gasteiger partial charge in [0.15, 0.2) is 0 Å². The molecule has 1 aliphatic rings. The molecule has 0 atom stereocenters. The van der Waals surface area contributed by atoms with Gasteiger partial charge in [-0.05, 0) is 38.8 Å². The first-order chi connectivity index (χ1) is 8.58. The van der Waals surface area contributed by atoms with Crippen molar-refractivity contribution in [1.82, 2.24) is 4.90 Å². The van der Waals surface area contributed by atoms with Gasteiger partial charge in [0, 0.05) is 19.2 Å². The van der Waals surface area contributed by atoms with Gasteiger partial charge in [-0.25, -0.2) is 4.99 Å². The molecule has 1 aromatic rings. The number of para-hydroxylation sites is 1. The van der Waals surface area contributed by atoms with E-state index in [1.807, 2.05) is 25.1 Å². The standard InChI is InChI=1S/C15H19ClN2/c1-11(2)10-18-9-5-8-14(18)17-15-12(3)6-4-7-13(15)16/h4,6-7,10H,5,8-9H2,1-3H3. The van der Waals surface area contributed by atoms with Crippen molar-refractivity contribution in [2.75, 3.05) is 6.54 Å². The minimum atomic E-state index is 0.728. The number of hydrogen-bond acceptors (Lipinski definition) is 1. The molecule has 1 heterocycles. The molecule has 96 valence electrons. The van der Waals surface area contributed by atoms with Crippen LogP contribution in [0.15, 0.2) is 35.0 Å². The Morgan fingerprint density at radius 2 is 2.17 bits per heavy atom. The molecule has 1 fully saturated rings. The highest BCUT2D eigenvalue weighted by Crippen LogP contribution is 2.30. The summed E-state index contributed by atoms with van der Waals surface area (Å²) < 4.78 is 0. The van der Waals surface area contributed by atoms with Gasteiger partial charge in [0.1, 0.15) is 5.84 Å². The molecule has 0 saturated carbocycles. The summed E-state index contributed by atoms with van der Waals surface area (Å²) in [6.45, 7) is 7.31. The molecule has 0 aliphatic carbocycles. The van der Waals surface area contributed by atoms with E-state index in [-0.39, 0.29) is 0 Å². The maximum Gasteiger partial charge on any atom is 0.109 e. The van der Waals surface area contributed by atoms with Gasteiger partial charge in [0.2, 0.25) is 0 Å². The number of nitrogens with zero attached hydrogens (tertiary/aromatic N) is 2. The maximum absolute atomic E-state index is 6.22. The first-order valence-corrected chi connectivity index (χ1v) is 6.70. The van der Waals surface area contributed by atoms with E-state index in [0.717, 1.165) is 41.5 Å². The Morgan fingerprint density at radius 1 is 1.39 bits per heavy atom. The molecule has 2 nitrogen and oxygen atoms in total. The Kier molecular flexibility index (Phi) is 4.07. The molecule has 0 spiro atoms.